The Bertz CT molecular complexity index is 995. The molecule has 134 valence electrons. The lowest BCUT2D eigenvalue weighted by atomic mass is 9.95. The van der Waals surface area contributed by atoms with Gasteiger partial charge < -0.3 is 9.84 Å². The van der Waals surface area contributed by atoms with Gasteiger partial charge in [0.2, 0.25) is 0 Å². The number of hydrogen-bond donors (Lipinski definition) is 1. The average Bonchev–Trinajstić information content (AvgIpc) is 2.75. The first-order chi connectivity index (χ1) is 13.2. The van der Waals surface area contributed by atoms with Gasteiger partial charge in [-0.1, -0.05) is 66.7 Å². The minimum absolute atomic E-state index is 0.0950. The van der Waals surface area contributed by atoms with Crippen molar-refractivity contribution in [3.8, 4) is 11.5 Å². The van der Waals surface area contributed by atoms with Gasteiger partial charge in [-0.05, 0) is 23.3 Å². The van der Waals surface area contributed by atoms with E-state index in [-0.39, 0.29) is 11.8 Å². The summed E-state index contributed by atoms with van der Waals surface area (Å²) in [5, 5.41) is 9.91. The van der Waals surface area contributed by atoms with Crippen LogP contribution in [0.1, 0.15) is 29.2 Å². The molecule has 4 rings (SSSR count). The second kappa shape index (κ2) is 7.46. The number of methoxy groups -OCH3 is 1. The normalized spacial score (nSPS) is 16.4. The number of phenols is 1. The first-order valence-corrected chi connectivity index (χ1v) is 8.87. The summed E-state index contributed by atoms with van der Waals surface area (Å²) in [6, 6.07) is 25.5. The number of phenolic OH excluding ortho intramolecular Hbond substituents is 1. The third-order valence-electron chi connectivity index (χ3n) is 4.63. The molecular weight excluding hydrogens is 336 g/mol. The molecule has 0 radical (unpaired) electrons. The SMILES string of the molecule is COc1cc(C2CC(c3ccccc3)=NC(c3ccccc3)=N2)ccc1O. The highest BCUT2D eigenvalue weighted by atomic mass is 16.5. The van der Waals surface area contributed by atoms with Crippen molar-refractivity contribution in [2.24, 2.45) is 9.98 Å². The van der Waals surface area contributed by atoms with Crippen LogP contribution in [0.3, 0.4) is 0 Å². The molecule has 3 aromatic rings. The molecule has 3 aromatic carbocycles. The Labute approximate surface area is 158 Å². The molecule has 0 fully saturated rings. The number of hydrogen-bond acceptors (Lipinski definition) is 4. The number of aromatic hydroxyl groups is 1. The van der Waals surface area contributed by atoms with E-state index >= 15 is 0 Å². The fraction of sp³-hybridized carbons (Fsp3) is 0.130. The van der Waals surface area contributed by atoms with Crippen molar-refractivity contribution < 1.29 is 9.84 Å². The van der Waals surface area contributed by atoms with Crippen LogP contribution in [0.15, 0.2) is 88.8 Å². The van der Waals surface area contributed by atoms with Crippen LogP contribution >= 0.6 is 0 Å². The van der Waals surface area contributed by atoms with Gasteiger partial charge >= 0.3 is 0 Å². The molecule has 1 aliphatic rings. The molecule has 0 saturated carbocycles. The summed E-state index contributed by atoms with van der Waals surface area (Å²) in [5.74, 6) is 1.30. The van der Waals surface area contributed by atoms with E-state index in [1.165, 1.54) is 0 Å². The summed E-state index contributed by atoms with van der Waals surface area (Å²) in [7, 11) is 1.55. The molecule has 1 N–H and O–H groups in total. The van der Waals surface area contributed by atoms with E-state index in [1.54, 1.807) is 13.2 Å². The maximum Gasteiger partial charge on any atom is 0.160 e. The van der Waals surface area contributed by atoms with E-state index < -0.39 is 0 Å². The van der Waals surface area contributed by atoms with Crippen molar-refractivity contribution in [3.63, 3.8) is 0 Å². The number of benzene rings is 3. The van der Waals surface area contributed by atoms with E-state index in [0.29, 0.717) is 12.2 Å². The number of nitrogens with zero attached hydrogens (tertiary/aromatic N) is 2. The summed E-state index contributed by atoms with van der Waals surface area (Å²) in [4.78, 5) is 9.74. The highest BCUT2D eigenvalue weighted by Crippen LogP contribution is 2.34. The molecule has 4 heteroatoms. The summed E-state index contributed by atoms with van der Waals surface area (Å²) in [5.41, 5.74) is 4.07. The van der Waals surface area contributed by atoms with Gasteiger partial charge in [-0.2, -0.15) is 0 Å². The van der Waals surface area contributed by atoms with Gasteiger partial charge in [-0.3, -0.25) is 4.99 Å². The van der Waals surface area contributed by atoms with Crippen molar-refractivity contribution in [1.82, 2.24) is 0 Å². The fourth-order valence-electron chi connectivity index (χ4n) is 3.21. The predicted octanol–water partition coefficient (Wildman–Crippen LogP) is 4.78. The summed E-state index contributed by atoms with van der Waals surface area (Å²) >= 11 is 0. The lowest BCUT2D eigenvalue weighted by molar-refractivity contribution is 0.372. The van der Waals surface area contributed by atoms with Crippen LogP contribution in [0.2, 0.25) is 0 Å². The van der Waals surface area contributed by atoms with Gasteiger partial charge in [0.15, 0.2) is 17.3 Å². The molecule has 1 atom stereocenters. The van der Waals surface area contributed by atoms with Gasteiger partial charge in [0, 0.05) is 12.0 Å². The number of ether oxygens (including phenoxy) is 1. The molecule has 27 heavy (non-hydrogen) atoms. The van der Waals surface area contributed by atoms with Crippen LogP contribution in [0.25, 0.3) is 0 Å². The zero-order chi connectivity index (χ0) is 18.6. The van der Waals surface area contributed by atoms with Crippen LogP contribution in [0, 0.1) is 0 Å². The van der Waals surface area contributed by atoms with Crippen LogP contribution in [-0.4, -0.2) is 23.8 Å². The van der Waals surface area contributed by atoms with Gasteiger partial charge in [-0.25, -0.2) is 4.99 Å². The molecule has 0 saturated heterocycles. The van der Waals surface area contributed by atoms with Crippen molar-refractivity contribution in [2.75, 3.05) is 7.11 Å². The monoisotopic (exact) mass is 356 g/mol. The molecule has 0 aliphatic carbocycles. The third-order valence-corrected chi connectivity index (χ3v) is 4.63. The molecule has 1 aliphatic heterocycles. The fourth-order valence-corrected chi connectivity index (χ4v) is 3.21. The second-order valence-electron chi connectivity index (χ2n) is 6.39. The molecule has 0 aromatic heterocycles. The topological polar surface area (TPSA) is 54.2 Å². The maximum absolute atomic E-state index is 9.91. The van der Waals surface area contributed by atoms with E-state index in [0.717, 1.165) is 28.2 Å². The lowest BCUT2D eigenvalue weighted by Crippen LogP contribution is -2.17. The minimum Gasteiger partial charge on any atom is -0.504 e. The average molecular weight is 356 g/mol. The van der Waals surface area contributed by atoms with Crippen molar-refractivity contribution in [2.45, 2.75) is 12.5 Å². The van der Waals surface area contributed by atoms with Crippen LogP contribution in [0.4, 0.5) is 0 Å². The molecule has 0 amide bonds. The summed E-state index contributed by atoms with van der Waals surface area (Å²) in [6.07, 6.45) is 0.689. The second-order valence-corrected chi connectivity index (χ2v) is 6.39. The largest absolute Gasteiger partial charge is 0.504 e. The molecule has 0 bridgehead atoms. The Morgan fingerprint density at radius 3 is 2.22 bits per heavy atom. The van der Waals surface area contributed by atoms with E-state index in [4.69, 9.17) is 14.7 Å². The van der Waals surface area contributed by atoms with Crippen LogP contribution in [0.5, 0.6) is 11.5 Å². The first-order valence-electron chi connectivity index (χ1n) is 8.87. The van der Waals surface area contributed by atoms with Gasteiger partial charge in [0.25, 0.3) is 0 Å². The standard InChI is InChI=1S/C23H20N2O2/c1-27-22-14-18(12-13-21(22)26)20-15-19(16-8-4-2-5-9-16)24-23(25-20)17-10-6-3-7-11-17/h2-14,20,26H,15H2,1H3. The first kappa shape index (κ1) is 17.0. The van der Waals surface area contributed by atoms with Crippen molar-refractivity contribution in [1.29, 1.82) is 0 Å². The Hall–Kier alpha value is -3.40. The van der Waals surface area contributed by atoms with E-state index in [9.17, 15) is 5.11 Å². The zero-order valence-corrected chi connectivity index (χ0v) is 15.0. The number of rotatable bonds is 4. The quantitative estimate of drug-likeness (QED) is 0.731. The highest BCUT2D eigenvalue weighted by molar-refractivity contribution is 6.14. The predicted molar refractivity (Wildman–Crippen MR) is 108 cm³/mol. The molecule has 4 nitrogen and oxygen atoms in total. The van der Waals surface area contributed by atoms with E-state index in [1.807, 2.05) is 60.7 Å². The Balaban J connectivity index is 1.79. The Morgan fingerprint density at radius 1 is 0.889 bits per heavy atom. The zero-order valence-electron chi connectivity index (χ0n) is 15.0. The van der Waals surface area contributed by atoms with E-state index in [2.05, 4.69) is 12.1 Å². The number of amidine groups is 1. The van der Waals surface area contributed by atoms with Crippen LogP contribution in [-0.2, 0) is 0 Å². The number of aliphatic imine (C=N–C) groups is 2. The van der Waals surface area contributed by atoms with Crippen LogP contribution < -0.4 is 4.74 Å². The Morgan fingerprint density at radius 2 is 1.56 bits per heavy atom. The lowest BCUT2D eigenvalue weighted by Gasteiger charge is -2.22. The Kier molecular flexibility index (Phi) is 4.71. The minimum atomic E-state index is -0.0950. The summed E-state index contributed by atoms with van der Waals surface area (Å²) in [6.45, 7) is 0. The van der Waals surface area contributed by atoms with Gasteiger partial charge in [-0.15, -0.1) is 0 Å². The van der Waals surface area contributed by atoms with Crippen molar-refractivity contribution in [3.05, 3.63) is 95.6 Å². The smallest absolute Gasteiger partial charge is 0.160 e. The highest BCUT2D eigenvalue weighted by Gasteiger charge is 2.22. The van der Waals surface area contributed by atoms with Gasteiger partial charge in [0.05, 0.1) is 18.9 Å². The van der Waals surface area contributed by atoms with Gasteiger partial charge in [0.1, 0.15) is 0 Å². The van der Waals surface area contributed by atoms with Crippen molar-refractivity contribution >= 4 is 11.5 Å². The molecule has 1 unspecified atom stereocenters. The molecule has 0 spiro atoms. The molecular formula is C23H20N2O2. The third kappa shape index (κ3) is 3.60. The molecule has 1 heterocycles. The maximum atomic E-state index is 9.91. The summed E-state index contributed by atoms with van der Waals surface area (Å²) < 4.78 is 5.27.